The Balaban J connectivity index is 1.19. The van der Waals surface area contributed by atoms with Crippen LogP contribution in [0.2, 0.25) is 5.02 Å². The van der Waals surface area contributed by atoms with Crippen molar-refractivity contribution in [3.63, 3.8) is 0 Å². The van der Waals surface area contributed by atoms with Crippen molar-refractivity contribution in [2.45, 2.75) is 69.6 Å². The van der Waals surface area contributed by atoms with Crippen LogP contribution in [-0.2, 0) is 19.1 Å². The molecular formula is C24H27ClN2O4. The summed E-state index contributed by atoms with van der Waals surface area (Å²) < 4.78 is 6.02. The van der Waals surface area contributed by atoms with E-state index in [-0.39, 0.29) is 29.6 Å². The lowest BCUT2D eigenvalue weighted by Crippen LogP contribution is -2.57. The highest BCUT2D eigenvalue weighted by atomic mass is 35.5. The zero-order chi connectivity index (χ0) is 21.6. The fourth-order valence-corrected chi connectivity index (χ4v) is 7.44. The topological polar surface area (TPSA) is 75.7 Å². The summed E-state index contributed by atoms with van der Waals surface area (Å²) in [5.41, 5.74) is -1.30. The fourth-order valence-electron chi connectivity index (χ4n) is 7.26. The lowest BCUT2D eigenvalue weighted by Gasteiger charge is -2.39. The standard InChI is InChI=1S/C24H27ClN2O4/c1-22-11-14-12-24(22,31-18(14)19(22)28)20(29)26-16-5-3-7-23(13-16)8-9-27(21(23)30)17-6-2-4-15(25)10-17/h2,4,6,10,14,16,18H,3,5,7-9,11-13H2,1H3,(H,26,29)/t14?,16-,18-,22+,23-,24?/m1/s1. The number of ketones is 1. The molecule has 7 heteroatoms. The summed E-state index contributed by atoms with van der Waals surface area (Å²) in [5.74, 6) is 0.269. The number of carbonyl (C=O) groups excluding carboxylic acids is 3. The van der Waals surface area contributed by atoms with Gasteiger partial charge in [-0.25, -0.2) is 0 Å². The van der Waals surface area contributed by atoms with E-state index < -0.39 is 22.5 Å². The summed E-state index contributed by atoms with van der Waals surface area (Å²) in [5, 5.41) is 3.83. The van der Waals surface area contributed by atoms with E-state index in [4.69, 9.17) is 16.3 Å². The summed E-state index contributed by atoms with van der Waals surface area (Å²) >= 11 is 6.14. The zero-order valence-corrected chi connectivity index (χ0v) is 18.4. The number of carbonyl (C=O) groups is 3. The van der Waals surface area contributed by atoms with Crippen molar-refractivity contribution in [3.05, 3.63) is 29.3 Å². The molecular weight excluding hydrogens is 416 g/mol. The second-order valence-electron chi connectivity index (χ2n) is 10.5. The number of hydrogen-bond acceptors (Lipinski definition) is 4. The second-order valence-corrected chi connectivity index (χ2v) is 10.9. The van der Waals surface area contributed by atoms with Crippen LogP contribution in [0.5, 0.6) is 0 Å². The van der Waals surface area contributed by atoms with Crippen molar-refractivity contribution < 1.29 is 19.1 Å². The maximum atomic E-state index is 13.5. The monoisotopic (exact) mass is 442 g/mol. The third-order valence-electron chi connectivity index (χ3n) is 8.85. The molecule has 6 aliphatic rings. The second kappa shape index (κ2) is 6.32. The lowest BCUT2D eigenvalue weighted by molar-refractivity contribution is -0.151. The van der Waals surface area contributed by atoms with E-state index in [1.807, 2.05) is 30.0 Å². The molecule has 2 unspecified atom stereocenters. The average Bonchev–Trinajstić information content (AvgIpc) is 3.46. The van der Waals surface area contributed by atoms with Gasteiger partial charge in [0.25, 0.3) is 5.91 Å². The van der Waals surface area contributed by atoms with Crippen LogP contribution in [0.15, 0.2) is 24.3 Å². The highest BCUT2D eigenvalue weighted by Crippen LogP contribution is 2.67. The van der Waals surface area contributed by atoms with Crippen molar-refractivity contribution >= 4 is 34.9 Å². The number of hydrogen-bond donors (Lipinski definition) is 1. The molecule has 6 fully saturated rings. The van der Waals surface area contributed by atoms with Crippen LogP contribution >= 0.6 is 11.6 Å². The van der Waals surface area contributed by atoms with Gasteiger partial charge < -0.3 is 15.0 Å². The predicted molar refractivity (Wildman–Crippen MR) is 115 cm³/mol. The van der Waals surface area contributed by atoms with E-state index >= 15 is 0 Å². The molecule has 3 aliphatic carbocycles. The summed E-state index contributed by atoms with van der Waals surface area (Å²) in [6.45, 7) is 2.57. The first-order valence-electron chi connectivity index (χ1n) is 11.4. The van der Waals surface area contributed by atoms with Crippen molar-refractivity contribution in [1.29, 1.82) is 0 Å². The first-order valence-corrected chi connectivity index (χ1v) is 11.8. The molecule has 1 aromatic rings. The number of nitrogens with one attached hydrogen (secondary N) is 1. The normalized spacial score (nSPS) is 42.9. The minimum Gasteiger partial charge on any atom is -0.353 e. The summed E-state index contributed by atoms with van der Waals surface area (Å²) in [6.07, 6.45) is 5.03. The summed E-state index contributed by atoms with van der Waals surface area (Å²) in [6, 6.07) is 7.35. The lowest BCUT2D eigenvalue weighted by atomic mass is 9.70. The molecule has 3 saturated heterocycles. The Morgan fingerprint density at radius 1 is 1.23 bits per heavy atom. The number of benzene rings is 1. The van der Waals surface area contributed by atoms with E-state index in [0.717, 1.165) is 37.8 Å². The Kier molecular flexibility index (Phi) is 4.02. The minimum absolute atomic E-state index is 0.0713. The van der Waals surface area contributed by atoms with Crippen molar-refractivity contribution in [1.82, 2.24) is 5.32 Å². The van der Waals surface area contributed by atoms with Gasteiger partial charge in [-0.3, -0.25) is 14.4 Å². The molecule has 3 heterocycles. The van der Waals surface area contributed by atoms with Gasteiger partial charge in [0.1, 0.15) is 6.10 Å². The smallest absolute Gasteiger partial charge is 0.253 e. The first-order chi connectivity index (χ1) is 14.8. The van der Waals surface area contributed by atoms with E-state index in [9.17, 15) is 14.4 Å². The molecule has 7 rings (SSSR count). The summed E-state index contributed by atoms with van der Waals surface area (Å²) in [4.78, 5) is 41.3. The van der Waals surface area contributed by atoms with Crippen molar-refractivity contribution in [3.8, 4) is 0 Å². The van der Waals surface area contributed by atoms with Crippen LogP contribution in [-0.4, -0.2) is 41.9 Å². The molecule has 3 aliphatic heterocycles. The molecule has 0 radical (unpaired) electrons. The van der Waals surface area contributed by atoms with Crippen LogP contribution in [0.3, 0.4) is 0 Å². The fraction of sp³-hybridized carbons (Fsp3) is 0.625. The number of amides is 2. The molecule has 1 spiro atoms. The van der Waals surface area contributed by atoms with Crippen LogP contribution in [0.25, 0.3) is 0 Å². The minimum atomic E-state index is -1.00. The van der Waals surface area contributed by atoms with Gasteiger partial charge in [0, 0.05) is 23.3 Å². The molecule has 0 aromatic heterocycles. The van der Waals surface area contributed by atoms with Gasteiger partial charge in [0.2, 0.25) is 5.91 Å². The van der Waals surface area contributed by atoms with Crippen LogP contribution in [0.1, 0.15) is 51.9 Å². The van der Waals surface area contributed by atoms with Crippen molar-refractivity contribution in [2.24, 2.45) is 16.7 Å². The molecule has 3 saturated carbocycles. The molecule has 1 aromatic carbocycles. The van der Waals surface area contributed by atoms with Crippen LogP contribution in [0.4, 0.5) is 5.69 Å². The molecule has 31 heavy (non-hydrogen) atoms. The van der Waals surface area contributed by atoms with E-state index in [1.165, 1.54) is 0 Å². The van der Waals surface area contributed by atoms with E-state index in [2.05, 4.69) is 5.32 Å². The highest BCUT2D eigenvalue weighted by molar-refractivity contribution is 6.31. The number of nitrogens with zero attached hydrogens (tertiary/aromatic N) is 1. The van der Waals surface area contributed by atoms with E-state index in [0.29, 0.717) is 24.4 Å². The van der Waals surface area contributed by atoms with Gasteiger partial charge in [0.05, 0.1) is 10.8 Å². The van der Waals surface area contributed by atoms with Crippen LogP contribution < -0.4 is 10.2 Å². The van der Waals surface area contributed by atoms with Crippen LogP contribution in [0, 0.1) is 16.7 Å². The predicted octanol–water partition coefficient (Wildman–Crippen LogP) is 3.26. The first kappa shape index (κ1) is 19.7. The maximum Gasteiger partial charge on any atom is 0.253 e. The van der Waals surface area contributed by atoms with Gasteiger partial charge in [-0.2, -0.15) is 0 Å². The molecule has 2 amide bonds. The van der Waals surface area contributed by atoms with Gasteiger partial charge in [-0.1, -0.05) is 24.1 Å². The maximum absolute atomic E-state index is 13.5. The number of anilines is 1. The zero-order valence-electron chi connectivity index (χ0n) is 17.7. The molecule has 6 atom stereocenters. The molecule has 1 N–H and O–H groups in total. The van der Waals surface area contributed by atoms with Gasteiger partial charge >= 0.3 is 0 Å². The average molecular weight is 443 g/mol. The molecule has 4 bridgehead atoms. The number of rotatable bonds is 3. The summed E-state index contributed by atoms with van der Waals surface area (Å²) in [7, 11) is 0. The largest absolute Gasteiger partial charge is 0.353 e. The quantitative estimate of drug-likeness (QED) is 0.779. The molecule has 6 nitrogen and oxygen atoms in total. The Bertz CT molecular complexity index is 1010. The van der Waals surface area contributed by atoms with Crippen molar-refractivity contribution in [2.75, 3.05) is 11.4 Å². The van der Waals surface area contributed by atoms with E-state index in [1.54, 1.807) is 6.07 Å². The SMILES string of the molecule is C[C@@]12CC3CC1(C(=O)N[C@@H]1CCC[C@@]4(CCN(c5cccc(Cl)c5)C4=O)C1)O[C@H]3C2=O. The number of halogens is 1. The van der Waals surface area contributed by atoms with Gasteiger partial charge in [0.15, 0.2) is 11.4 Å². The number of ether oxygens (including phenoxy) is 1. The number of Topliss-reactive ketones (excluding diaryl/α,β-unsaturated/α-hetero) is 1. The van der Waals surface area contributed by atoms with Gasteiger partial charge in [-0.05, 0) is 69.6 Å². The third kappa shape index (κ3) is 2.46. The molecule has 164 valence electrons. The highest BCUT2D eigenvalue weighted by Gasteiger charge is 2.79. The Labute approximate surface area is 186 Å². The van der Waals surface area contributed by atoms with Gasteiger partial charge in [-0.15, -0.1) is 0 Å². The third-order valence-corrected chi connectivity index (χ3v) is 9.08. The Hall–Kier alpha value is -1.92. The Morgan fingerprint density at radius 2 is 2.06 bits per heavy atom. The Morgan fingerprint density at radius 3 is 2.74 bits per heavy atom.